The molecule has 2 heterocycles. The standard InChI is InChI=1S/C46H52N2O18S5/c1-45(2)40(48(23-24-66-4)37-29-39(71(63,64)65)32-18-17-30(68(54,55)56)26-34(32)43(37)45)14-9-6-5-7-10-15-41-46(3,21-13-25-67(51,52)53)44-35-27-31(69(57,58)59)28-38(70(60,61)62)33(35)19-20-36(44)47(41)22-12-8-11-16-42(49)50/h5-7,9-10,14-15,17-20,26-29H,8,11-13,16,21-25H2,1-4H3,(H5-,49,50,51,52,53,54,55,56,57,58,59,60,61,62,63,64,65)/p-4. The number of ether oxygens (including phenoxy) is 1. The predicted octanol–water partition coefficient (Wildman–Crippen LogP) is 4.93. The Morgan fingerprint density at radius 2 is 1.25 bits per heavy atom. The lowest BCUT2D eigenvalue weighted by Crippen LogP contribution is -2.30. The minimum atomic E-state index is -5.39. The third-order valence-corrected chi connectivity index (χ3v) is 16.8. The van der Waals surface area contributed by atoms with Gasteiger partial charge >= 0.3 is 5.97 Å². The minimum absolute atomic E-state index is 0.0703. The molecule has 1 unspecified atom stereocenters. The van der Waals surface area contributed by atoms with Crippen molar-refractivity contribution in [2.24, 2.45) is 0 Å². The summed E-state index contributed by atoms with van der Waals surface area (Å²) in [5.41, 5.74) is 0.0330. The van der Waals surface area contributed by atoms with Gasteiger partial charge in [-0.3, -0.25) is 4.79 Å². The van der Waals surface area contributed by atoms with Gasteiger partial charge in [-0.15, -0.1) is 0 Å². The van der Waals surface area contributed by atoms with Crippen molar-refractivity contribution in [3.63, 3.8) is 0 Å². The zero-order valence-electron chi connectivity index (χ0n) is 38.6. The maximum Gasteiger partial charge on any atom is 0.303 e. The third kappa shape index (κ3) is 11.9. The summed E-state index contributed by atoms with van der Waals surface area (Å²) < 4.78 is 191. The van der Waals surface area contributed by atoms with Crippen LogP contribution in [-0.2, 0) is 71.0 Å². The number of unbranched alkanes of at least 4 members (excludes halogenated alkanes) is 2. The monoisotopic (exact) mass is 1080 g/mol. The highest BCUT2D eigenvalue weighted by molar-refractivity contribution is 7.87. The first-order valence-electron chi connectivity index (χ1n) is 21.7. The van der Waals surface area contributed by atoms with Crippen LogP contribution in [0.3, 0.4) is 0 Å². The normalized spacial score (nSPS) is 18.3. The molecule has 0 aromatic heterocycles. The number of carboxylic acid groups (broad SMARTS) is 1. The Balaban J connectivity index is 1.46. The highest BCUT2D eigenvalue weighted by Gasteiger charge is 2.47. The summed E-state index contributed by atoms with van der Waals surface area (Å²) in [5.74, 6) is -1.81. The van der Waals surface area contributed by atoms with Crippen molar-refractivity contribution in [3.05, 3.63) is 108 Å². The van der Waals surface area contributed by atoms with E-state index in [-0.39, 0.29) is 71.8 Å². The molecular weight excluding hydrogens is 1030 g/mol. The second-order valence-corrected chi connectivity index (χ2v) is 24.6. The van der Waals surface area contributed by atoms with Gasteiger partial charge in [0.2, 0.25) is 5.69 Å². The Morgan fingerprint density at radius 1 is 0.676 bits per heavy atom. The number of fused-ring (bicyclic) bond motifs is 6. The second-order valence-electron chi connectivity index (χ2n) is 17.7. The smallest absolute Gasteiger partial charge is 0.303 e. The maximum atomic E-state index is 12.6. The highest BCUT2D eigenvalue weighted by Crippen LogP contribution is 2.54. The van der Waals surface area contributed by atoms with Crippen molar-refractivity contribution in [1.29, 1.82) is 0 Å². The topological polar surface area (TPSA) is 339 Å². The number of allylic oxidation sites excluding steroid dienone is 8. The lowest BCUT2D eigenvalue weighted by atomic mass is 9.75. The van der Waals surface area contributed by atoms with E-state index in [1.807, 2.05) is 0 Å². The number of nitrogens with zero attached hydrogens (tertiary/aromatic N) is 2. The molecule has 2 aliphatic rings. The average molecular weight is 1080 g/mol. The van der Waals surface area contributed by atoms with Crippen LogP contribution in [0.2, 0.25) is 0 Å². The van der Waals surface area contributed by atoms with Crippen molar-refractivity contribution in [2.75, 3.05) is 37.5 Å². The van der Waals surface area contributed by atoms with Crippen molar-refractivity contribution >= 4 is 95.2 Å². The summed E-state index contributed by atoms with van der Waals surface area (Å²) >= 11 is 0. The quantitative estimate of drug-likeness (QED) is 0.0500. The van der Waals surface area contributed by atoms with Crippen LogP contribution in [0, 0.1) is 0 Å². The molecule has 6 rings (SSSR count). The van der Waals surface area contributed by atoms with Crippen LogP contribution in [0.4, 0.5) is 11.4 Å². The fraction of sp³-hybridized carbons (Fsp3) is 0.348. The fourth-order valence-electron chi connectivity index (χ4n) is 9.56. The van der Waals surface area contributed by atoms with Crippen LogP contribution in [0.5, 0.6) is 0 Å². The first-order chi connectivity index (χ1) is 32.8. The van der Waals surface area contributed by atoms with Gasteiger partial charge in [-0.1, -0.05) is 48.9 Å². The van der Waals surface area contributed by atoms with Crippen LogP contribution < -0.4 is 4.90 Å². The molecule has 0 bridgehead atoms. The van der Waals surface area contributed by atoms with Gasteiger partial charge in [-0.05, 0) is 105 Å². The molecule has 4 aromatic rings. The largest absolute Gasteiger partial charge is 0.748 e. The number of hydrogen-bond acceptors (Lipinski definition) is 18. The third-order valence-electron chi connectivity index (χ3n) is 12.6. The minimum Gasteiger partial charge on any atom is -0.748 e. The molecule has 20 nitrogen and oxygen atoms in total. The fourth-order valence-corrected chi connectivity index (χ4v) is 12.6. The predicted molar refractivity (Wildman–Crippen MR) is 255 cm³/mol. The van der Waals surface area contributed by atoms with E-state index in [0.717, 1.165) is 24.3 Å². The molecule has 1 N–H and O–H groups in total. The lowest BCUT2D eigenvalue weighted by Gasteiger charge is -2.31. The van der Waals surface area contributed by atoms with E-state index in [2.05, 4.69) is 0 Å². The maximum absolute atomic E-state index is 12.6. The summed E-state index contributed by atoms with van der Waals surface area (Å²) in [6.45, 7) is 5.74. The Hall–Kier alpha value is -5.19. The summed E-state index contributed by atoms with van der Waals surface area (Å²) in [4.78, 5) is 9.82. The van der Waals surface area contributed by atoms with E-state index >= 15 is 0 Å². The van der Waals surface area contributed by atoms with Crippen molar-refractivity contribution < 1.29 is 84.1 Å². The van der Waals surface area contributed by atoms with Gasteiger partial charge in [-0.2, -0.15) is 4.58 Å². The SMILES string of the molecule is COCC[N+]1=C(/C=C/C=C/C=C/C=C2/N(CCCCCC(=O)O)c3ccc4c(S(=O)(=O)[O-])cc(S(=O)(=O)[O-])cc4c3C2(C)CCCS(=O)(=O)[O-])C(C)(C)c2c1cc(S(=O)(=O)[O-])c1ccc(S(=O)(=O)[O-])cc21. The van der Waals surface area contributed by atoms with Gasteiger partial charge in [0, 0.05) is 65.7 Å². The summed E-state index contributed by atoms with van der Waals surface area (Å²) in [5, 5.41) is 8.89. The van der Waals surface area contributed by atoms with Crippen LogP contribution in [0.25, 0.3) is 21.5 Å². The Labute approximate surface area is 412 Å². The number of carbonyl (C=O) groups is 1. The summed E-state index contributed by atoms with van der Waals surface area (Å²) in [7, 11) is -24.2. The first-order valence-corrected chi connectivity index (χ1v) is 28.9. The lowest BCUT2D eigenvalue weighted by molar-refractivity contribution is -0.441. The van der Waals surface area contributed by atoms with Gasteiger partial charge in [0.25, 0.3) is 0 Å². The molecular formula is C46H48N2O18S5-4. The summed E-state index contributed by atoms with van der Waals surface area (Å²) in [6.07, 6.45) is 12.2. The van der Waals surface area contributed by atoms with Gasteiger partial charge in [0.1, 0.15) is 47.1 Å². The van der Waals surface area contributed by atoms with Crippen molar-refractivity contribution in [2.45, 2.75) is 89.7 Å². The van der Waals surface area contributed by atoms with Crippen LogP contribution in [0.1, 0.15) is 70.4 Å². The molecule has 25 heteroatoms. The Kier molecular flexibility index (Phi) is 15.8. The molecule has 0 radical (unpaired) electrons. The van der Waals surface area contributed by atoms with Gasteiger partial charge < -0.3 is 37.5 Å². The molecule has 2 aliphatic heterocycles. The van der Waals surface area contributed by atoms with Crippen LogP contribution >= 0.6 is 0 Å². The molecule has 384 valence electrons. The number of rotatable bonds is 21. The highest BCUT2D eigenvalue weighted by atomic mass is 32.2. The number of methoxy groups -OCH3 is 1. The van der Waals surface area contributed by atoms with Crippen LogP contribution in [0.15, 0.2) is 116 Å². The van der Waals surface area contributed by atoms with Gasteiger partial charge in [0.15, 0.2) is 12.3 Å². The summed E-state index contributed by atoms with van der Waals surface area (Å²) in [6, 6.07) is 8.53. The van der Waals surface area contributed by atoms with Crippen molar-refractivity contribution in [1.82, 2.24) is 0 Å². The second kappa shape index (κ2) is 20.4. The van der Waals surface area contributed by atoms with E-state index in [9.17, 15) is 74.8 Å². The Bertz CT molecular complexity index is 3580. The molecule has 1 atom stereocenters. The van der Waals surface area contributed by atoms with E-state index in [0.29, 0.717) is 48.0 Å². The molecule has 0 aliphatic carbocycles. The molecule has 0 saturated carbocycles. The molecule has 0 saturated heterocycles. The van der Waals surface area contributed by atoms with Crippen molar-refractivity contribution in [3.8, 4) is 0 Å². The number of benzene rings is 4. The van der Waals surface area contributed by atoms with Crippen LogP contribution in [-0.4, -0.2) is 119 Å². The van der Waals surface area contributed by atoms with E-state index in [4.69, 9.17) is 4.74 Å². The average Bonchev–Trinajstić information content (AvgIpc) is 3.61. The van der Waals surface area contributed by atoms with E-state index < -0.39 is 92.7 Å². The molecule has 71 heavy (non-hydrogen) atoms. The van der Waals surface area contributed by atoms with E-state index in [1.54, 1.807) is 72.8 Å². The first kappa shape index (κ1) is 55.1. The Morgan fingerprint density at radius 3 is 1.85 bits per heavy atom. The number of hydrogen-bond donors (Lipinski definition) is 1. The molecule has 0 spiro atoms. The zero-order valence-corrected chi connectivity index (χ0v) is 42.6. The van der Waals surface area contributed by atoms with Gasteiger partial charge in [0.05, 0.1) is 35.1 Å². The number of anilines is 1. The zero-order chi connectivity index (χ0) is 52.7. The van der Waals surface area contributed by atoms with Gasteiger partial charge in [-0.25, -0.2) is 42.1 Å². The number of aliphatic carboxylic acids is 1. The van der Waals surface area contributed by atoms with E-state index in [1.165, 1.54) is 25.3 Å². The molecule has 4 aromatic carbocycles. The molecule has 0 fully saturated rings. The number of carboxylic acids is 1. The molecule has 0 amide bonds.